The molecule has 0 radical (unpaired) electrons. The Labute approximate surface area is 144 Å². The van der Waals surface area contributed by atoms with Crippen molar-refractivity contribution in [1.82, 2.24) is 9.47 Å². The third-order valence-electron chi connectivity index (χ3n) is 5.24. The van der Waals surface area contributed by atoms with Crippen molar-refractivity contribution in [1.29, 1.82) is 0 Å². The molecule has 2 aromatic rings. The fourth-order valence-corrected chi connectivity index (χ4v) is 3.86. The molecular formula is C20H29N3O. The van der Waals surface area contributed by atoms with Crippen molar-refractivity contribution in [3.05, 3.63) is 35.5 Å². The van der Waals surface area contributed by atoms with Crippen molar-refractivity contribution in [2.75, 3.05) is 19.6 Å². The summed E-state index contributed by atoms with van der Waals surface area (Å²) in [5.74, 6) is 0.256. The van der Waals surface area contributed by atoms with E-state index in [1.165, 1.54) is 35.0 Å². The number of carbonyl (C=O) groups is 1. The molecule has 0 spiro atoms. The van der Waals surface area contributed by atoms with Crippen LogP contribution in [0.1, 0.15) is 43.4 Å². The summed E-state index contributed by atoms with van der Waals surface area (Å²) in [6.07, 6.45) is 6.73. The number of amides is 1. The number of hydrogen-bond donors (Lipinski definition) is 1. The first-order valence-corrected chi connectivity index (χ1v) is 9.27. The van der Waals surface area contributed by atoms with E-state index >= 15 is 0 Å². The first-order chi connectivity index (χ1) is 11.7. The van der Waals surface area contributed by atoms with E-state index in [2.05, 4.69) is 40.7 Å². The molecule has 24 heavy (non-hydrogen) atoms. The number of hydrogen-bond acceptors (Lipinski definition) is 2. The fourth-order valence-electron chi connectivity index (χ4n) is 3.86. The number of nitrogens with zero attached hydrogens (tertiary/aromatic N) is 2. The lowest BCUT2D eigenvalue weighted by atomic mass is 10.1. The summed E-state index contributed by atoms with van der Waals surface area (Å²) >= 11 is 0. The van der Waals surface area contributed by atoms with Gasteiger partial charge in [-0.3, -0.25) is 4.79 Å². The number of likely N-dealkylation sites (tertiary alicyclic amines) is 1. The lowest BCUT2D eigenvalue weighted by Crippen LogP contribution is -2.34. The highest BCUT2D eigenvalue weighted by Crippen LogP contribution is 2.27. The van der Waals surface area contributed by atoms with E-state index in [1.54, 1.807) is 0 Å². The van der Waals surface area contributed by atoms with Crippen molar-refractivity contribution >= 4 is 16.8 Å². The Kier molecular flexibility index (Phi) is 5.56. The van der Waals surface area contributed by atoms with Crippen LogP contribution in [0.3, 0.4) is 0 Å². The zero-order valence-corrected chi connectivity index (χ0v) is 14.8. The molecule has 0 unspecified atom stereocenters. The highest BCUT2D eigenvalue weighted by molar-refractivity contribution is 5.87. The minimum atomic E-state index is 0.256. The van der Waals surface area contributed by atoms with Crippen molar-refractivity contribution in [2.24, 2.45) is 5.73 Å². The Balaban J connectivity index is 1.88. The van der Waals surface area contributed by atoms with Crippen LogP contribution >= 0.6 is 0 Å². The van der Waals surface area contributed by atoms with Crippen molar-refractivity contribution in [3.63, 3.8) is 0 Å². The third kappa shape index (κ3) is 3.48. The van der Waals surface area contributed by atoms with Crippen molar-refractivity contribution in [3.8, 4) is 0 Å². The molecule has 1 aliphatic heterocycles. The molecule has 2 heterocycles. The Morgan fingerprint density at radius 2 is 1.83 bits per heavy atom. The summed E-state index contributed by atoms with van der Waals surface area (Å²) in [6.45, 7) is 5.12. The SMILES string of the molecule is Cc1c(CCCN)c2ccccc2n1CC(=O)N1CCCCCC1. The number of rotatable bonds is 5. The normalized spacial score (nSPS) is 15.7. The van der Waals surface area contributed by atoms with Gasteiger partial charge < -0.3 is 15.2 Å². The molecule has 4 heteroatoms. The Hall–Kier alpha value is -1.81. The van der Waals surface area contributed by atoms with Gasteiger partial charge in [0.2, 0.25) is 5.91 Å². The van der Waals surface area contributed by atoms with E-state index in [0.717, 1.165) is 38.8 Å². The minimum Gasteiger partial charge on any atom is -0.341 e. The van der Waals surface area contributed by atoms with Crippen LogP contribution in [0.4, 0.5) is 0 Å². The maximum Gasteiger partial charge on any atom is 0.242 e. The third-order valence-corrected chi connectivity index (χ3v) is 5.24. The second-order valence-corrected chi connectivity index (χ2v) is 6.85. The summed E-state index contributed by atoms with van der Waals surface area (Å²) in [7, 11) is 0. The monoisotopic (exact) mass is 327 g/mol. The molecule has 4 nitrogen and oxygen atoms in total. The standard InChI is InChI=1S/C20H29N3O/c1-16-17(10-8-12-21)18-9-4-5-11-19(18)23(16)15-20(24)22-13-6-2-3-7-14-22/h4-5,9,11H,2-3,6-8,10,12-15,21H2,1H3. The van der Waals surface area contributed by atoms with E-state index in [0.29, 0.717) is 13.1 Å². The van der Waals surface area contributed by atoms with Crippen LogP contribution in [-0.2, 0) is 17.8 Å². The first-order valence-electron chi connectivity index (χ1n) is 9.27. The molecule has 0 atom stereocenters. The minimum absolute atomic E-state index is 0.256. The van der Waals surface area contributed by atoms with Crippen LogP contribution in [0.5, 0.6) is 0 Å². The smallest absolute Gasteiger partial charge is 0.242 e. The number of benzene rings is 1. The lowest BCUT2D eigenvalue weighted by Gasteiger charge is -2.21. The predicted molar refractivity (Wildman–Crippen MR) is 99.1 cm³/mol. The Morgan fingerprint density at radius 1 is 1.12 bits per heavy atom. The van der Waals surface area contributed by atoms with Crippen molar-refractivity contribution in [2.45, 2.75) is 52.0 Å². The van der Waals surface area contributed by atoms with Gasteiger partial charge in [0, 0.05) is 29.7 Å². The Morgan fingerprint density at radius 3 is 2.54 bits per heavy atom. The summed E-state index contributed by atoms with van der Waals surface area (Å²) in [5, 5.41) is 1.27. The number of aryl methyl sites for hydroxylation is 1. The highest BCUT2D eigenvalue weighted by Gasteiger charge is 2.19. The summed E-state index contributed by atoms with van der Waals surface area (Å²) in [5.41, 5.74) is 9.44. The second kappa shape index (κ2) is 7.84. The quantitative estimate of drug-likeness (QED) is 0.916. The van der Waals surface area contributed by atoms with Gasteiger partial charge in [-0.25, -0.2) is 0 Å². The lowest BCUT2D eigenvalue weighted by molar-refractivity contribution is -0.131. The molecule has 3 rings (SSSR count). The van der Waals surface area contributed by atoms with Gasteiger partial charge in [0.05, 0.1) is 0 Å². The van der Waals surface area contributed by atoms with Gasteiger partial charge >= 0.3 is 0 Å². The zero-order valence-electron chi connectivity index (χ0n) is 14.8. The molecule has 2 N–H and O–H groups in total. The van der Waals surface area contributed by atoms with Crippen LogP contribution in [0.2, 0.25) is 0 Å². The van der Waals surface area contributed by atoms with Crippen LogP contribution in [0, 0.1) is 6.92 Å². The predicted octanol–water partition coefficient (Wildman–Crippen LogP) is 3.24. The molecule has 0 bridgehead atoms. The van der Waals surface area contributed by atoms with Gasteiger partial charge in [-0.15, -0.1) is 0 Å². The maximum absolute atomic E-state index is 12.8. The van der Waals surface area contributed by atoms with Gasteiger partial charge in [-0.2, -0.15) is 0 Å². The number of carbonyl (C=O) groups excluding carboxylic acids is 1. The molecule has 1 amide bonds. The van der Waals surface area contributed by atoms with E-state index in [1.807, 2.05) is 0 Å². The first kappa shape index (κ1) is 17.0. The number of fused-ring (bicyclic) bond motifs is 1. The maximum atomic E-state index is 12.8. The molecular weight excluding hydrogens is 298 g/mol. The number of para-hydroxylation sites is 1. The molecule has 1 aromatic heterocycles. The van der Waals surface area contributed by atoms with E-state index in [9.17, 15) is 4.79 Å². The summed E-state index contributed by atoms with van der Waals surface area (Å²) < 4.78 is 2.20. The van der Waals surface area contributed by atoms with Crippen LogP contribution in [0.25, 0.3) is 10.9 Å². The summed E-state index contributed by atoms with van der Waals surface area (Å²) in [4.78, 5) is 14.9. The van der Waals surface area contributed by atoms with Crippen LogP contribution < -0.4 is 5.73 Å². The molecule has 130 valence electrons. The zero-order chi connectivity index (χ0) is 16.9. The Bertz CT molecular complexity index is 696. The molecule has 1 saturated heterocycles. The molecule has 1 aliphatic rings. The van der Waals surface area contributed by atoms with E-state index in [4.69, 9.17) is 5.73 Å². The van der Waals surface area contributed by atoms with Gasteiger partial charge in [0.25, 0.3) is 0 Å². The van der Waals surface area contributed by atoms with Gasteiger partial charge in [0.15, 0.2) is 0 Å². The highest BCUT2D eigenvalue weighted by atomic mass is 16.2. The average molecular weight is 327 g/mol. The average Bonchev–Trinajstić information content (AvgIpc) is 2.79. The topological polar surface area (TPSA) is 51.3 Å². The molecule has 0 saturated carbocycles. The van der Waals surface area contributed by atoms with E-state index < -0.39 is 0 Å². The second-order valence-electron chi connectivity index (χ2n) is 6.85. The van der Waals surface area contributed by atoms with E-state index in [-0.39, 0.29) is 5.91 Å². The molecule has 0 aliphatic carbocycles. The summed E-state index contributed by atoms with van der Waals surface area (Å²) in [6, 6.07) is 8.43. The van der Waals surface area contributed by atoms with Crippen LogP contribution in [0.15, 0.2) is 24.3 Å². The van der Waals surface area contributed by atoms with Crippen molar-refractivity contribution < 1.29 is 4.79 Å². The number of nitrogens with two attached hydrogens (primary N) is 1. The molecule has 1 fully saturated rings. The van der Waals surface area contributed by atoms with Gasteiger partial charge in [-0.1, -0.05) is 31.0 Å². The fraction of sp³-hybridized carbons (Fsp3) is 0.550. The van der Waals surface area contributed by atoms with Crippen LogP contribution in [-0.4, -0.2) is 35.0 Å². The largest absolute Gasteiger partial charge is 0.341 e. The van der Waals surface area contributed by atoms with Gasteiger partial charge in [0.1, 0.15) is 6.54 Å². The number of aromatic nitrogens is 1. The molecule has 1 aromatic carbocycles. The van der Waals surface area contributed by atoms with Gasteiger partial charge in [-0.05, 0) is 50.8 Å².